The van der Waals surface area contributed by atoms with Gasteiger partial charge < -0.3 is 9.94 Å². The molecule has 0 saturated heterocycles. The van der Waals surface area contributed by atoms with E-state index in [2.05, 4.69) is 21.4 Å². The van der Waals surface area contributed by atoms with E-state index in [-0.39, 0.29) is 5.56 Å². The molecule has 0 aliphatic carbocycles. The van der Waals surface area contributed by atoms with E-state index in [1.54, 1.807) is 18.2 Å². The highest BCUT2D eigenvalue weighted by Crippen LogP contribution is 2.18. The minimum atomic E-state index is -0.931. The number of carboxylic acid groups (broad SMARTS) is 1. The van der Waals surface area contributed by atoms with Crippen molar-refractivity contribution in [2.75, 3.05) is 6.61 Å². The maximum absolute atomic E-state index is 10.7. The summed E-state index contributed by atoms with van der Waals surface area (Å²) in [4.78, 5) is 15.6. The van der Waals surface area contributed by atoms with Gasteiger partial charge in [0, 0.05) is 11.0 Å². The minimum absolute atomic E-state index is 0.266. The molecule has 0 aliphatic heterocycles. The Morgan fingerprint density at radius 1 is 1.60 bits per heavy atom. The molecule has 0 spiro atoms. The monoisotopic (exact) mass is 273 g/mol. The number of carboxylic acids is 1. The second kappa shape index (κ2) is 5.85. The summed E-state index contributed by atoms with van der Waals surface area (Å²) in [5.74, 6) is -0.931. The van der Waals surface area contributed by atoms with E-state index in [0.717, 1.165) is 10.0 Å². The van der Waals surface area contributed by atoms with E-state index in [0.29, 0.717) is 13.2 Å². The largest absolute Gasteiger partial charge is 0.478 e. The fourth-order valence-electron chi connectivity index (χ4n) is 1.05. The molecule has 0 radical (unpaired) electrons. The van der Waals surface area contributed by atoms with Gasteiger partial charge in [-0.25, -0.2) is 4.79 Å². The van der Waals surface area contributed by atoms with Crippen LogP contribution in [-0.2, 0) is 11.4 Å². The zero-order chi connectivity index (χ0) is 11.3. The standard InChI is InChI=1S/C10H12BrNO3/c1-2-15-12-6-8-4-3-7(10(13)14)5-9(8)11/h3-5,12H,2,6H2,1H3,(H,13,14). The summed E-state index contributed by atoms with van der Waals surface area (Å²) >= 11 is 3.31. The molecule has 15 heavy (non-hydrogen) atoms. The lowest BCUT2D eigenvalue weighted by molar-refractivity contribution is 0.0462. The van der Waals surface area contributed by atoms with Gasteiger partial charge in [-0.05, 0) is 24.6 Å². The predicted molar refractivity (Wildman–Crippen MR) is 59.6 cm³/mol. The van der Waals surface area contributed by atoms with Gasteiger partial charge in [0.1, 0.15) is 0 Å². The SMILES string of the molecule is CCONCc1ccc(C(=O)O)cc1Br. The number of nitrogens with one attached hydrogen (secondary N) is 1. The highest BCUT2D eigenvalue weighted by Gasteiger charge is 2.06. The third-order valence-corrected chi connectivity index (χ3v) is 2.55. The molecule has 1 aromatic carbocycles. The Hall–Kier alpha value is -0.910. The average molecular weight is 274 g/mol. The van der Waals surface area contributed by atoms with Gasteiger partial charge in [0.15, 0.2) is 0 Å². The highest BCUT2D eigenvalue weighted by atomic mass is 79.9. The summed E-state index contributed by atoms with van der Waals surface area (Å²) < 4.78 is 0.759. The van der Waals surface area contributed by atoms with E-state index in [4.69, 9.17) is 9.94 Å². The van der Waals surface area contributed by atoms with Crippen LogP contribution in [0.4, 0.5) is 0 Å². The Kier molecular flexibility index (Phi) is 4.74. The number of hydrogen-bond acceptors (Lipinski definition) is 3. The van der Waals surface area contributed by atoms with Crippen molar-refractivity contribution in [2.45, 2.75) is 13.5 Å². The highest BCUT2D eigenvalue weighted by molar-refractivity contribution is 9.10. The first kappa shape index (κ1) is 12.2. The van der Waals surface area contributed by atoms with Crippen molar-refractivity contribution in [3.05, 3.63) is 33.8 Å². The summed E-state index contributed by atoms with van der Waals surface area (Å²) in [6.45, 7) is 3.01. The Balaban J connectivity index is 2.70. The average Bonchev–Trinajstić information content (AvgIpc) is 2.20. The Bertz CT molecular complexity index is 355. The summed E-state index contributed by atoms with van der Waals surface area (Å²) in [6, 6.07) is 4.89. The van der Waals surface area contributed by atoms with Gasteiger partial charge in [0.2, 0.25) is 0 Å². The minimum Gasteiger partial charge on any atom is -0.478 e. The number of benzene rings is 1. The summed E-state index contributed by atoms with van der Waals surface area (Å²) in [7, 11) is 0. The molecular weight excluding hydrogens is 262 g/mol. The van der Waals surface area contributed by atoms with Crippen LogP contribution in [0.15, 0.2) is 22.7 Å². The molecule has 0 aromatic heterocycles. The first-order valence-electron chi connectivity index (χ1n) is 4.51. The fraction of sp³-hybridized carbons (Fsp3) is 0.300. The Labute approximate surface area is 96.3 Å². The zero-order valence-electron chi connectivity index (χ0n) is 8.29. The molecule has 2 N–H and O–H groups in total. The molecule has 4 nitrogen and oxygen atoms in total. The molecular formula is C10H12BrNO3. The molecule has 0 bridgehead atoms. The molecule has 0 saturated carbocycles. The quantitative estimate of drug-likeness (QED) is 0.638. The predicted octanol–water partition coefficient (Wildman–Crippen LogP) is 2.19. The van der Waals surface area contributed by atoms with Crippen LogP contribution in [0.2, 0.25) is 0 Å². The third-order valence-electron chi connectivity index (χ3n) is 1.81. The number of hydrogen-bond donors (Lipinski definition) is 2. The van der Waals surface area contributed by atoms with E-state index in [1.807, 2.05) is 6.92 Å². The van der Waals surface area contributed by atoms with E-state index in [1.165, 1.54) is 0 Å². The number of carbonyl (C=O) groups is 1. The maximum Gasteiger partial charge on any atom is 0.335 e. The topological polar surface area (TPSA) is 58.6 Å². The van der Waals surface area contributed by atoms with E-state index in [9.17, 15) is 4.79 Å². The lowest BCUT2D eigenvalue weighted by atomic mass is 10.1. The second-order valence-corrected chi connectivity index (χ2v) is 3.72. The molecule has 1 rings (SSSR count). The molecule has 0 unspecified atom stereocenters. The number of halogens is 1. The summed E-state index contributed by atoms with van der Waals surface area (Å²) in [6.07, 6.45) is 0. The molecule has 0 atom stereocenters. The van der Waals surface area contributed by atoms with Crippen molar-refractivity contribution in [1.82, 2.24) is 5.48 Å². The smallest absolute Gasteiger partial charge is 0.335 e. The van der Waals surface area contributed by atoms with Crippen molar-refractivity contribution in [3.8, 4) is 0 Å². The van der Waals surface area contributed by atoms with Gasteiger partial charge in [-0.1, -0.05) is 22.0 Å². The normalized spacial score (nSPS) is 10.3. The van der Waals surface area contributed by atoms with Gasteiger partial charge in [-0.15, -0.1) is 0 Å². The van der Waals surface area contributed by atoms with Crippen molar-refractivity contribution in [1.29, 1.82) is 0 Å². The van der Waals surface area contributed by atoms with Crippen LogP contribution in [0.5, 0.6) is 0 Å². The molecule has 0 fully saturated rings. The summed E-state index contributed by atoms with van der Waals surface area (Å²) in [5.41, 5.74) is 3.98. The van der Waals surface area contributed by atoms with Crippen LogP contribution in [0.1, 0.15) is 22.8 Å². The first-order valence-corrected chi connectivity index (χ1v) is 5.30. The number of hydroxylamine groups is 1. The third kappa shape index (κ3) is 3.62. The van der Waals surface area contributed by atoms with Crippen molar-refractivity contribution >= 4 is 21.9 Å². The molecule has 82 valence electrons. The lowest BCUT2D eigenvalue weighted by Crippen LogP contribution is -2.14. The summed E-state index contributed by atoms with van der Waals surface area (Å²) in [5, 5.41) is 8.75. The zero-order valence-corrected chi connectivity index (χ0v) is 9.87. The van der Waals surface area contributed by atoms with Crippen molar-refractivity contribution in [3.63, 3.8) is 0 Å². The van der Waals surface area contributed by atoms with Crippen molar-refractivity contribution < 1.29 is 14.7 Å². The van der Waals surface area contributed by atoms with E-state index >= 15 is 0 Å². The Morgan fingerprint density at radius 3 is 2.87 bits per heavy atom. The van der Waals surface area contributed by atoms with Crippen molar-refractivity contribution in [2.24, 2.45) is 0 Å². The second-order valence-electron chi connectivity index (χ2n) is 2.87. The van der Waals surface area contributed by atoms with Gasteiger partial charge in [0.25, 0.3) is 0 Å². The maximum atomic E-state index is 10.7. The lowest BCUT2D eigenvalue weighted by Gasteiger charge is -2.06. The van der Waals surface area contributed by atoms with Gasteiger partial charge >= 0.3 is 5.97 Å². The van der Waals surface area contributed by atoms with Crippen LogP contribution in [0, 0.1) is 0 Å². The molecule has 1 aromatic rings. The Morgan fingerprint density at radius 2 is 2.33 bits per heavy atom. The van der Waals surface area contributed by atoms with Crippen LogP contribution in [0.25, 0.3) is 0 Å². The van der Waals surface area contributed by atoms with Gasteiger partial charge in [-0.2, -0.15) is 5.48 Å². The fourth-order valence-corrected chi connectivity index (χ4v) is 1.57. The van der Waals surface area contributed by atoms with Crippen LogP contribution in [0.3, 0.4) is 0 Å². The number of rotatable bonds is 5. The molecule has 0 amide bonds. The molecule has 5 heteroatoms. The van der Waals surface area contributed by atoms with E-state index < -0.39 is 5.97 Å². The number of aromatic carboxylic acids is 1. The van der Waals surface area contributed by atoms with Crippen LogP contribution < -0.4 is 5.48 Å². The first-order chi connectivity index (χ1) is 7.15. The van der Waals surface area contributed by atoms with Gasteiger partial charge in [0.05, 0.1) is 12.2 Å². The van der Waals surface area contributed by atoms with Crippen LogP contribution >= 0.6 is 15.9 Å². The van der Waals surface area contributed by atoms with Gasteiger partial charge in [-0.3, -0.25) is 0 Å². The molecule has 0 aliphatic rings. The van der Waals surface area contributed by atoms with Crippen LogP contribution in [-0.4, -0.2) is 17.7 Å². The molecule has 0 heterocycles.